The summed E-state index contributed by atoms with van der Waals surface area (Å²) in [6.07, 6.45) is 1.97. The van der Waals surface area contributed by atoms with Crippen molar-refractivity contribution in [2.45, 2.75) is 31.2 Å². The van der Waals surface area contributed by atoms with E-state index < -0.39 is 22.7 Å². The number of rotatable bonds is 5. The summed E-state index contributed by atoms with van der Waals surface area (Å²) < 4.78 is 18.5. The van der Waals surface area contributed by atoms with E-state index in [9.17, 15) is 19.1 Å². The monoisotopic (exact) mass is 349 g/mol. The predicted molar refractivity (Wildman–Crippen MR) is 73.7 cm³/mol. The van der Waals surface area contributed by atoms with Crippen molar-refractivity contribution in [3.05, 3.63) is 29.0 Å². The van der Waals surface area contributed by atoms with E-state index in [-0.39, 0.29) is 52.8 Å². The summed E-state index contributed by atoms with van der Waals surface area (Å²) in [5.74, 6) is -1.81. The van der Waals surface area contributed by atoms with Crippen LogP contribution < -0.4 is 44.7 Å². The zero-order chi connectivity index (χ0) is 16.0. The number of aliphatic carboxylic acids is 1. The fraction of sp³-hybridized carbons (Fsp3) is 0.467. The molecule has 0 radical (unpaired) electrons. The van der Waals surface area contributed by atoms with Crippen LogP contribution >= 0.6 is 11.6 Å². The van der Waals surface area contributed by atoms with E-state index >= 15 is 0 Å². The fourth-order valence-corrected chi connectivity index (χ4v) is 3.64. The molecule has 0 aromatic heterocycles. The van der Waals surface area contributed by atoms with Gasteiger partial charge in [0, 0.05) is 23.0 Å². The third-order valence-corrected chi connectivity index (χ3v) is 4.84. The molecule has 1 aromatic rings. The van der Waals surface area contributed by atoms with E-state index in [1.165, 1.54) is 12.1 Å². The van der Waals surface area contributed by atoms with Gasteiger partial charge in [0.2, 0.25) is 0 Å². The number of amides is 1. The Morgan fingerprint density at radius 2 is 2.04 bits per heavy atom. The molecule has 3 saturated carbocycles. The van der Waals surface area contributed by atoms with Crippen molar-refractivity contribution in [2.24, 2.45) is 5.41 Å². The SMILES string of the molecule is O=C(COc1ccc(Cl)c(F)c1)NC12CCC(C(=O)[O-])(C1)C2.[Na+]. The third-order valence-electron chi connectivity index (χ3n) is 4.53. The molecule has 23 heavy (non-hydrogen) atoms. The molecule has 8 heteroatoms. The number of nitrogens with one attached hydrogen (secondary N) is 1. The average molecular weight is 350 g/mol. The second-order valence-electron chi connectivity index (χ2n) is 6.11. The van der Waals surface area contributed by atoms with Gasteiger partial charge in [-0.2, -0.15) is 0 Å². The average Bonchev–Trinajstić information content (AvgIpc) is 2.96. The van der Waals surface area contributed by atoms with Gasteiger partial charge in [0.25, 0.3) is 5.91 Å². The number of carbonyl (C=O) groups is 2. The summed E-state index contributed by atoms with van der Waals surface area (Å²) in [4.78, 5) is 23.0. The molecule has 3 fully saturated rings. The Morgan fingerprint density at radius 1 is 1.35 bits per heavy atom. The van der Waals surface area contributed by atoms with Crippen molar-refractivity contribution < 1.29 is 53.4 Å². The Kier molecular flexibility index (Phi) is 5.31. The fourth-order valence-electron chi connectivity index (χ4n) is 3.52. The number of fused-ring (bicyclic) bond motifs is 1. The molecule has 0 atom stereocenters. The summed E-state index contributed by atoms with van der Waals surface area (Å²) in [5, 5.41) is 13.9. The Bertz CT molecular complexity index is 648. The van der Waals surface area contributed by atoms with Crippen molar-refractivity contribution >= 4 is 23.5 Å². The van der Waals surface area contributed by atoms with Crippen molar-refractivity contribution in [1.82, 2.24) is 5.32 Å². The molecule has 118 valence electrons. The van der Waals surface area contributed by atoms with Gasteiger partial charge in [-0.05, 0) is 37.8 Å². The minimum absolute atomic E-state index is 0. The van der Waals surface area contributed by atoms with E-state index in [4.69, 9.17) is 16.3 Å². The zero-order valence-electron chi connectivity index (χ0n) is 12.7. The van der Waals surface area contributed by atoms with Crippen LogP contribution in [0.2, 0.25) is 5.02 Å². The molecule has 1 aromatic carbocycles. The van der Waals surface area contributed by atoms with Crippen LogP contribution in [0.15, 0.2) is 18.2 Å². The quantitative estimate of drug-likeness (QED) is 0.626. The molecule has 5 nitrogen and oxygen atoms in total. The molecule has 1 N–H and O–H groups in total. The summed E-state index contributed by atoms with van der Waals surface area (Å²) in [7, 11) is 0. The Morgan fingerprint density at radius 3 is 2.61 bits per heavy atom. The first-order valence-corrected chi connectivity index (χ1v) is 7.32. The topological polar surface area (TPSA) is 78.5 Å². The van der Waals surface area contributed by atoms with Gasteiger partial charge < -0.3 is 20.0 Å². The van der Waals surface area contributed by atoms with Gasteiger partial charge in [-0.15, -0.1) is 0 Å². The maximum Gasteiger partial charge on any atom is 1.00 e. The van der Waals surface area contributed by atoms with E-state index in [0.29, 0.717) is 25.7 Å². The largest absolute Gasteiger partial charge is 1.00 e. The molecule has 0 spiro atoms. The minimum atomic E-state index is -1.04. The number of hydrogen-bond acceptors (Lipinski definition) is 4. The Balaban J connectivity index is 0.00000192. The summed E-state index contributed by atoms with van der Waals surface area (Å²) in [6.45, 7) is -0.263. The maximum absolute atomic E-state index is 13.2. The van der Waals surface area contributed by atoms with E-state index in [0.717, 1.165) is 6.07 Å². The number of carboxylic acid groups (broad SMARTS) is 1. The van der Waals surface area contributed by atoms with Gasteiger partial charge in [-0.25, -0.2) is 4.39 Å². The predicted octanol–water partition coefficient (Wildman–Crippen LogP) is -1.96. The number of ether oxygens (including phenoxy) is 1. The molecule has 0 heterocycles. The van der Waals surface area contributed by atoms with Crippen LogP contribution in [-0.2, 0) is 9.59 Å². The number of hydrogen-bond donors (Lipinski definition) is 1. The zero-order valence-corrected chi connectivity index (χ0v) is 15.4. The Labute approximate surface area is 159 Å². The molecular formula is C15H14ClFNNaO4. The van der Waals surface area contributed by atoms with Crippen LogP contribution in [0.1, 0.15) is 25.7 Å². The van der Waals surface area contributed by atoms with Crippen LogP contribution in [0, 0.1) is 11.2 Å². The summed E-state index contributed by atoms with van der Waals surface area (Å²) in [5.41, 5.74) is -1.22. The molecule has 0 unspecified atom stereocenters. The maximum atomic E-state index is 13.2. The normalized spacial score (nSPS) is 27.6. The van der Waals surface area contributed by atoms with Crippen LogP contribution in [0.25, 0.3) is 0 Å². The van der Waals surface area contributed by atoms with Crippen molar-refractivity contribution in [2.75, 3.05) is 6.61 Å². The number of carbonyl (C=O) groups excluding carboxylic acids is 2. The van der Waals surface area contributed by atoms with E-state index in [1.807, 2.05) is 0 Å². The molecule has 3 aliphatic rings. The molecule has 0 saturated heterocycles. The van der Waals surface area contributed by atoms with E-state index in [2.05, 4.69) is 5.32 Å². The molecule has 1 amide bonds. The van der Waals surface area contributed by atoms with Crippen molar-refractivity contribution in [3.63, 3.8) is 0 Å². The number of carboxylic acids is 1. The smallest absolute Gasteiger partial charge is 0.550 e. The standard InChI is InChI=1S/C15H15ClFNO4.Na/c16-10-2-1-9(5-11(10)17)22-6-12(19)18-15-4-3-14(7-15,8-15)13(20)21;/h1-2,5H,3-4,6-8H2,(H,18,19)(H,20,21);/q;+1/p-1. The van der Waals surface area contributed by atoms with Crippen LogP contribution in [0.3, 0.4) is 0 Å². The van der Waals surface area contributed by atoms with Gasteiger partial charge in [0.1, 0.15) is 11.6 Å². The van der Waals surface area contributed by atoms with Crippen molar-refractivity contribution in [1.29, 1.82) is 0 Å². The molecule has 0 aliphatic heterocycles. The van der Waals surface area contributed by atoms with Gasteiger partial charge in [0.15, 0.2) is 6.61 Å². The molecule has 2 bridgehead atoms. The van der Waals surface area contributed by atoms with Crippen LogP contribution in [-0.4, -0.2) is 24.0 Å². The molecular weight excluding hydrogens is 336 g/mol. The summed E-state index contributed by atoms with van der Waals surface area (Å²) in [6, 6.07) is 3.92. The minimum Gasteiger partial charge on any atom is -0.550 e. The second kappa shape index (κ2) is 6.59. The van der Waals surface area contributed by atoms with Gasteiger partial charge in [-0.3, -0.25) is 4.79 Å². The second-order valence-corrected chi connectivity index (χ2v) is 6.52. The first-order valence-electron chi connectivity index (χ1n) is 6.95. The first kappa shape index (κ1) is 18.5. The summed E-state index contributed by atoms with van der Waals surface area (Å²) >= 11 is 5.56. The molecule has 3 aliphatic carbocycles. The van der Waals surface area contributed by atoms with Crippen LogP contribution in [0.4, 0.5) is 4.39 Å². The first-order chi connectivity index (χ1) is 10.3. The van der Waals surface area contributed by atoms with Crippen LogP contribution in [0.5, 0.6) is 5.75 Å². The number of benzene rings is 1. The van der Waals surface area contributed by atoms with Gasteiger partial charge in [-0.1, -0.05) is 11.6 Å². The number of halogens is 2. The van der Waals surface area contributed by atoms with Gasteiger partial charge >= 0.3 is 29.6 Å². The third kappa shape index (κ3) is 3.50. The van der Waals surface area contributed by atoms with Crippen molar-refractivity contribution in [3.8, 4) is 5.75 Å². The molecule has 4 rings (SSSR count). The van der Waals surface area contributed by atoms with E-state index in [1.54, 1.807) is 0 Å². The Hall–Kier alpha value is -0.820. The van der Waals surface area contributed by atoms with Gasteiger partial charge in [0.05, 0.1) is 5.02 Å².